The molecule has 0 unspecified atom stereocenters. The summed E-state index contributed by atoms with van der Waals surface area (Å²) in [5.41, 5.74) is 2.75. The molecule has 1 fully saturated rings. The van der Waals surface area contributed by atoms with Crippen LogP contribution in [-0.2, 0) is 7.05 Å². The lowest BCUT2D eigenvalue weighted by Crippen LogP contribution is -1.93. The monoisotopic (exact) mass is 426 g/mol. The number of aromatic amines is 1. The minimum atomic E-state index is -0.606. The van der Waals surface area contributed by atoms with E-state index in [9.17, 15) is 13.6 Å². The molecule has 0 bridgehead atoms. The Kier molecular flexibility index (Phi) is 4.54. The van der Waals surface area contributed by atoms with Crippen LogP contribution in [-0.4, -0.2) is 19.7 Å². The molecule has 1 aliphatic rings. The largest absolute Gasteiger partial charge is 0.434 e. The Morgan fingerprint density at radius 1 is 1.17 bits per heavy atom. The molecule has 5 rings (SSSR count). The van der Waals surface area contributed by atoms with Gasteiger partial charge in [0.05, 0.1) is 6.33 Å². The van der Waals surface area contributed by atoms with Crippen molar-refractivity contribution in [1.29, 1.82) is 0 Å². The molecule has 9 heteroatoms. The van der Waals surface area contributed by atoms with Crippen LogP contribution in [0.25, 0.3) is 11.3 Å². The molecule has 0 saturated heterocycles. The topological polar surface area (TPSA) is 76.7 Å². The highest BCUT2D eigenvalue weighted by Crippen LogP contribution is 2.54. The Morgan fingerprint density at radius 3 is 2.67 bits per heavy atom. The fourth-order valence-corrected chi connectivity index (χ4v) is 4.48. The van der Waals surface area contributed by atoms with Crippen LogP contribution in [0.5, 0.6) is 0 Å². The molecule has 2 aromatic carbocycles. The maximum absolute atomic E-state index is 14.1. The second-order valence-corrected chi connectivity index (χ2v) is 8.24. The van der Waals surface area contributed by atoms with E-state index in [2.05, 4.69) is 15.2 Å². The molecular weight excluding hydrogens is 410 g/mol. The van der Waals surface area contributed by atoms with E-state index in [1.807, 2.05) is 35.9 Å². The van der Waals surface area contributed by atoms with Crippen molar-refractivity contribution in [2.24, 2.45) is 7.05 Å². The fraction of sp³-hybridized carbons (Fsp3) is 0.190. The molecule has 0 spiro atoms. The van der Waals surface area contributed by atoms with Crippen LogP contribution < -0.4 is 5.76 Å². The molecule has 2 aromatic heterocycles. The third kappa shape index (κ3) is 3.45. The molecule has 2 heterocycles. The van der Waals surface area contributed by atoms with Crippen LogP contribution in [0.15, 0.2) is 67.9 Å². The van der Waals surface area contributed by atoms with Gasteiger partial charge in [0.2, 0.25) is 5.89 Å². The van der Waals surface area contributed by atoms with Crippen LogP contribution in [0.1, 0.15) is 29.7 Å². The van der Waals surface area contributed by atoms with Gasteiger partial charge in [-0.05, 0) is 30.0 Å². The van der Waals surface area contributed by atoms with E-state index in [0.29, 0.717) is 10.8 Å². The van der Waals surface area contributed by atoms with Gasteiger partial charge in [0.25, 0.3) is 0 Å². The summed E-state index contributed by atoms with van der Waals surface area (Å²) in [6.45, 7) is 0. The lowest BCUT2D eigenvalue weighted by Gasteiger charge is -2.08. The number of aryl methyl sites for hydroxylation is 1. The molecule has 0 aliphatic heterocycles. The van der Waals surface area contributed by atoms with E-state index in [4.69, 9.17) is 4.42 Å². The van der Waals surface area contributed by atoms with Crippen LogP contribution in [0.4, 0.5) is 8.78 Å². The van der Waals surface area contributed by atoms with Crippen LogP contribution >= 0.6 is 11.8 Å². The summed E-state index contributed by atoms with van der Waals surface area (Å²) in [7, 11) is 1.83. The number of hydrogen-bond acceptors (Lipinski definition) is 5. The second kappa shape index (κ2) is 7.24. The van der Waals surface area contributed by atoms with Crippen molar-refractivity contribution >= 4 is 11.8 Å². The Labute approximate surface area is 174 Å². The van der Waals surface area contributed by atoms with Crippen molar-refractivity contribution in [1.82, 2.24) is 19.7 Å². The predicted octanol–water partition coefficient (Wildman–Crippen LogP) is 4.46. The zero-order valence-corrected chi connectivity index (χ0v) is 16.6. The van der Waals surface area contributed by atoms with Gasteiger partial charge < -0.3 is 8.98 Å². The average Bonchev–Trinajstić information content (AvgIpc) is 3.28. The van der Waals surface area contributed by atoms with Crippen molar-refractivity contribution in [2.45, 2.75) is 28.2 Å². The lowest BCUT2D eigenvalue weighted by molar-refractivity contribution is 0.461. The highest BCUT2D eigenvalue weighted by atomic mass is 32.2. The van der Waals surface area contributed by atoms with Crippen molar-refractivity contribution in [2.75, 3.05) is 0 Å². The third-order valence-corrected chi connectivity index (χ3v) is 6.38. The van der Waals surface area contributed by atoms with Gasteiger partial charge in [-0.2, -0.15) is 0 Å². The molecule has 1 N–H and O–H groups in total. The zero-order valence-electron chi connectivity index (χ0n) is 15.8. The first-order valence-electron chi connectivity index (χ1n) is 9.29. The second-order valence-electron chi connectivity index (χ2n) is 7.21. The van der Waals surface area contributed by atoms with Gasteiger partial charge in [-0.25, -0.2) is 23.7 Å². The average molecular weight is 426 g/mol. The van der Waals surface area contributed by atoms with Gasteiger partial charge in [0.1, 0.15) is 22.4 Å². The first kappa shape index (κ1) is 18.8. The Hall–Kier alpha value is -3.20. The molecule has 6 nitrogen and oxygen atoms in total. The fourth-order valence-electron chi connectivity index (χ4n) is 3.52. The minimum Gasteiger partial charge on any atom is -0.392 e. The number of benzene rings is 2. The Bertz CT molecular complexity index is 1280. The number of nitrogens with one attached hydrogen (secondary N) is 1. The summed E-state index contributed by atoms with van der Waals surface area (Å²) in [4.78, 5) is 15.9. The summed E-state index contributed by atoms with van der Waals surface area (Å²) in [6.07, 6.45) is 2.55. The minimum absolute atomic E-state index is 0.109. The number of aromatic nitrogens is 4. The molecule has 4 aromatic rings. The summed E-state index contributed by atoms with van der Waals surface area (Å²) in [5, 5.41) is 6.97. The first-order valence-corrected chi connectivity index (χ1v) is 10.1. The number of H-pyrrole nitrogens is 1. The number of rotatable bonds is 5. The number of nitrogens with zero attached hydrogens (tertiary/aromatic N) is 3. The molecule has 1 saturated carbocycles. The highest BCUT2D eigenvalue weighted by molar-refractivity contribution is 7.99. The first-order chi connectivity index (χ1) is 14.5. The van der Waals surface area contributed by atoms with E-state index < -0.39 is 17.4 Å². The van der Waals surface area contributed by atoms with Crippen molar-refractivity contribution in [3.63, 3.8) is 0 Å². The van der Waals surface area contributed by atoms with Gasteiger partial charge in [0.15, 0.2) is 0 Å². The molecule has 1 aliphatic carbocycles. The number of halogens is 2. The quantitative estimate of drug-likeness (QED) is 0.510. The van der Waals surface area contributed by atoms with Gasteiger partial charge in [-0.15, -0.1) is 5.10 Å². The van der Waals surface area contributed by atoms with Crippen molar-refractivity contribution in [3.8, 4) is 11.3 Å². The van der Waals surface area contributed by atoms with E-state index in [1.165, 1.54) is 23.9 Å². The standard InChI is InChI=1S/C21H16F2N4O2S/c1-27-10-24-18(20(27)30-17-7-6-13(22)8-16(17)23)12-4-2-11(3-5-12)14-9-15(14)19-25-26-21(28)29-19/h2-8,10,14-15H,9H2,1H3,(H,26,28)/t14-,15+/m1/s1. The maximum Gasteiger partial charge on any atom is 0.434 e. The van der Waals surface area contributed by atoms with Crippen LogP contribution in [0.3, 0.4) is 0 Å². The van der Waals surface area contributed by atoms with E-state index in [0.717, 1.165) is 34.3 Å². The summed E-state index contributed by atoms with van der Waals surface area (Å²) < 4.78 is 34.2. The zero-order chi connectivity index (χ0) is 20.8. The molecule has 152 valence electrons. The molecule has 0 radical (unpaired) electrons. The SMILES string of the molecule is Cn1cnc(-c2ccc([C@H]3C[C@@H]3c3n[nH]c(=O)o3)cc2)c1Sc1ccc(F)cc1F. The maximum atomic E-state index is 14.1. The number of hydrogen-bond donors (Lipinski definition) is 1. The van der Waals surface area contributed by atoms with E-state index >= 15 is 0 Å². The van der Waals surface area contributed by atoms with Gasteiger partial charge >= 0.3 is 5.76 Å². The van der Waals surface area contributed by atoms with Crippen molar-refractivity contribution < 1.29 is 13.2 Å². The lowest BCUT2D eigenvalue weighted by atomic mass is 10.1. The van der Waals surface area contributed by atoms with E-state index in [-0.39, 0.29) is 11.8 Å². The molecule has 30 heavy (non-hydrogen) atoms. The van der Waals surface area contributed by atoms with Gasteiger partial charge in [-0.1, -0.05) is 36.0 Å². The molecule has 0 amide bonds. The smallest absolute Gasteiger partial charge is 0.392 e. The third-order valence-electron chi connectivity index (χ3n) is 5.16. The summed E-state index contributed by atoms with van der Waals surface area (Å²) in [6, 6.07) is 11.5. The van der Waals surface area contributed by atoms with Crippen LogP contribution in [0, 0.1) is 11.6 Å². The Morgan fingerprint density at radius 2 is 1.97 bits per heavy atom. The van der Waals surface area contributed by atoms with E-state index in [1.54, 1.807) is 6.33 Å². The number of imidazole rings is 1. The normalized spacial score (nSPS) is 18.0. The van der Waals surface area contributed by atoms with Crippen LogP contribution in [0.2, 0.25) is 0 Å². The molecular formula is C21H16F2N4O2S. The predicted molar refractivity (Wildman–Crippen MR) is 106 cm³/mol. The Balaban J connectivity index is 1.38. The summed E-state index contributed by atoms with van der Waals surface area (Å²) >= 11 is 1.21. The van der Waals surface area contributed by atoms with Gasteiger partial charge in [0, 0.05) is 29.5 Å². The molecule has 2 atom stereocenters. The van der Waals surface area contributed by atoms with Crippen molar-refractivity contribution in [3.05, 3.63) is 82.4 Å². The van der Waals surface area contributed by atoms with Gasteiger partial charge in [-0.3, -0.25) is 0 Å². The highest BCUT2D eigenvalue weighted by Gasteiger charge is 2.43. The summed E-state index contributed by atoms with van der Waals surface area (Å²) in [5.74, 6) is -0.936.